The number of nitrogens with zero attached hydrogens (tertiary/aromatic N) is 4. The summed E-state index contributed by atoms with van der Waals surface area (Å²) in [7, 11) is 0. The Bertz CT molecular complexity index is 1530. The van der Waals surface area contributed by atoms with Crippen molar-refractivity contribution < 1.29 is 19.1 Å². The first-order valence-electron chi connectivity index (χ1n) is 12.1. The summed E-state index contributed by atoms with van der Waals surface area (Å²) in [4.78, 5) is 36.6. The molecule has 1 aliphatic heterocycles. The van der Waals surface area contributed by atoms with Crippen molar-refractivity contribution in [3.05, 3.63) is 88.1 Å². The molecule has 0 aliphatic carbocycles. The predicted molar refractivity (Wildman–Crippen MR) is 143 cm³/mol. The van der Waals surface area contributed by atoms with Crippen LogP contribution < -0.4 is 10.6 Å². The molecule has 12 heteroatoms. The molecule has 1 aliphatic rings. The summed E-state index contributed by atoms with van der Waals surface area (Å²) in [5, 5.41) is 22.5. The second-order valence-corrected chi connectivity index (χ2v) is 9.70. The van der Waals surface area contributed by atoms with Crippen molar-refractivity contribution in [1.29, 1.82) is 0 Å². The third-order valence-electron chi connectivity index (χ3n) is 6.53. The normalized spacial score (nSPS) is 14.2. The molecular weight excluding hydrogens is 525 g/mol. The summed E-state index contributed by atoms with van der Waals surface area (Å²) in [6.45, 7) is 3.15. The molecule has 2 aromatic carbocycles. The maximum Gasteiger partial charge on any atom is 0.255 e. The minimum Gasteiger partial charge on any atom is -0.394 e. The first-order valence-corrected chi connectivity index (χ1v) is 12.5. The number of hydrogen-bond acceptors (Lipinski definition) is 7. The number of halogens is 2. The Morgan fingerprint density at radius 3 is 2.79 bits per heavy atom. The predicted octanol–water partition coefficient (Wildman–Crippen LogP) is 3.91. The summed E-state index contributed by atoms with van der Waals surface area (Å²) >= 11 is 6.39. The number of aryl methyl sites for hydroxylation is 1. The average Bonchev–Trinajstić information content (AvgIpc) is 3.54. The molecule has 4 N–H and O–H groups in total. The molecule has 2 amide bonds. The highest BCUT2D eigenvalue weighted by atomic mass is 35.5. The topological polar surface area (TPSA) is 136 Å². The summed E-state index contributed by atoms with van der Waals surface area (Å²) in [6.07, 6.45) is 4.71. The fourth-order valence-corrected chi connectivity index (χ4v) is 4.70. The van der Waals surface area contributed by atoms with Crippen molar-refractivity contribution >= 4 is 35.1 Å². The number of anilines is 2. The lowest BCUT2D eigenvalue weighted by Gasteiger charge is -2.26. The van der Waals surface area contributed by atoms with Gasteiger partial charge in [-0.1, -0.05) is 29.8 Å². The smallest absolute Gasteiger partial charge is 0.255 e. The monoisotopic (exact) mass is 549 g/mol. The van der Waals surface area contributed by atoms with Gasteiger partial charge in [-0.3, -0.25) is 14.7 Å². The molecule has 200 valence electrons. The lowest BCUT2D eigenvalue weighted by Crippen LogP contribution is -2.46. The van der Waals surface area contributed by atoms with Crippen molar-refractivity contribution in [2.24, 2.45) is 0 Å². The number of rotatable bonds is 8. The minimum atomic E-state index is -0.842. The average molecular weight is 550 g/mol. The second-order valence-electron chi connectivity index (χ2n) is 9.29. The molecule has 0 radical (unpaired) electrons. The second kappa shape index (κ2) is 10.8. The number of hydrogen-bond donors (Lipinski definition) is 4. The molecule has 0 bridgehead atoms. The van der Waals surface area contributed by atoms with E-state index in [1.807, 2.05) is 6.07 Å². The van der Waals surface area contributed by atoms with Gasteiger partial charge < -0.3 is 20.6 Å². The molecule has 0 fully saturated rings. The molecule has 2 unspecified atom stereocenters. The van der Waals surface area contributed by atoms with Crippen LogP contribution in [0.3, 0.4) is 0 Å². The van der Waals surface area contributed by atoms with Gasteiger partial charge in [-0.25, -0.2) is 14.4 Å². The highest BCUT2D eigenvalue weighted by molar-refractivity contribution is 6.33. The molecule has 0 saturated heterocycles. The number of nitrogens with one attached hydrogen (secondary N) is 3. The number of amides is 2. The Hall–Kier alpha value is -4.35. The largest absolute Gasteiger partial charge is 0.394 e. The summed E-state index contributed by atoms with van der Waals surface area (Å²) in [5.41, 5.74) is 4.03. The summed E-state index contributed by atoms with van der Waals surface area (Å²) < 4.78 is 13.9. The van der Waals surface area contributed by atoms with Gasteiger partial charge in [-0.2, -0.15) is 5.10 Å². The number of carbonyl (C=O) groups is 2. The van der Waals surface area contributed by atoms with Crippen LogP contribution in [-0.4, -0.2) is 54.6 Å². The zero-order chi connectivity index (χ0) is 27.7. The minimum absolute atomic E-state index is 0.233. The number of aromatic nitrogens is 4. The van der Waals surface area contributed by atoms with E-state index in [-0.39, 0.29) is 12.5 Å². The number of benzene rings is 2. The van der Waals surface area contributed by atoms with Crippen LogP contribution in [0.2, 0.25) is 5.02 Å². The van der Waals surface area contributed by atoms with E-state index in [0.717, 1.165) is 5.56 Å². The Labute approximate surface area is 228 Å². The summed E-state index contributed by atoms with van der Waals surface area (Å²) in [5.74, 6) is -0.939. The van der Waals surface area contributed by atoms with Gasteiger partial charge in [0.1, 0.15) is 11.9 Å². The highest BCUT2D eigenvalue weighted by Crippen LogP contribution is 2.32. The van der Waals surface area contributed by atoms with Crippen LogP contribution in [0.15, 0.2) is 55.0 Å². The van der Waals surface area contributed by atoms with Crippen molar-refractivity contribution in [3.63, 3.8) is 0 Å². The number of H-pyrrole nitrogens is 1. The van der Waals surface area contributed by atoms with Gasteiger partial charge in [0.25, 0.3) is 5.91 Å². The van der Waals surface area contributed by atoms with E-state index in [9.17, 15) is 19.1 Å². The molecule has 10 nitrogen and oxygen atoms in total. The van der Waals surface area contributed by atoms with E-state index in [2.05, 4.69) is 30.8 Å². The molecule has 5 rings (SSSR count). The highest BCUT2D eigenvalue weighted by Gasteiger charge is 2.35. The number of aliphatic hydroxyl groups is 1. The molecule has 39 heavy (non-hydrogen) atoms. The maximum absolute atomic E-state index is 13.9. The molecule has 4 aromatic rings. The van der Waals surface area contributed by atoms with Crippen LogP contribution in [0.1, 0.15) is 40.0 Å². The Kier molecular flexibility index (Phi) is 7.27. The fourth-order valence-electron chi connectivity index (χ4n) is 4.50. The number of carbonyl (C=O) groups excluding carboxylic acids is 2. The van der Waals surface area contributed by atoms with Gasteiger partial charge in [0.15, 0.2) is 0 Å². The fraction of sp³-hybridized carbons (Fsp3) is 0.222. The van der Waals surface area contributed by atoms with Crippen molar-refractivity contribution in [3.8, 4) is 11.3 Å². The zero-order valence-corrected chi connectivity index (χ0v) is 21.8. The third-order valence-corrected chi connectivity index (χ3v) is 6.80. The Balaban J connectivity index is 1.33. The Morgan fingerprint density at radius 1 is 1.26 bits per heavy atom. The van der Waals surface area contributed by atoms with Gasteiger partial charge in [0.05, 0.1) is 41.4 Å². The number of aromatic amines is 1. The van der Waals surface area contributed by atoms with E-state index >= 15 is 0 Å². The van der Waals surface area contributed by atoms with Crippen LogP contribution in [0.4, 0.5) is 16.0 Å². The first kappa shape index (κ1) is 26.3. The van der Waals surface area contributed by atoms with Crippen LogP contribution in [0, 0.1) is 12.7 Å². The van der Waals surface area contributed by atoms with Gasteiger partial charge >= 0.3 is 0 Å². The lowest BCUT2D eigenvalue weighted by atomic mass is 10.0. The van der Waals surface area contributed by atoms with Crippen molar-refractivity contribution in [2.45, 2.75) is 32.5 Å². The summed E-state index contributed by atoms with van der Waals surface area (Å²) in [6, 6.07) is 7.99. The van der Waals surface area contributed by atoms with Gasteiger partial charge in [0, 0.05) is 23.9 Å². The van der Waals surface area contributed by atoms with E-state index in [1.165, 1.54) is 23.2 Å². The van der Waals surface area contributed by atoms with Crippen LogP contribution >= 0.6 is 11.6 Å². The van der Waals surface area contributed by atoms with Crippen LogP contribution in [-0.2, 0) is 11.3 Å². The lowest BCUT2D eigenvalue weighted by molar-refractivity contribution is -0.126. The zero-order valence-electron chi connectivity index (χ0n) is 21.1. The SMILES string of the molecule is Cc1cc(F)cc(C(CO)NC(=O)C(C)N2Cc3ccc(-c4nc(Nc5cn[nH]c5)ncc4Cl)cc3C2=O)c1. The molecule has 0 saturated carbocycles. The standard InChI is InChI=1S/C27H25ClFN7O3/c1-14-5-18(7-19(29)6-14)23(13-37)34-25(38)15(2)36-12-17-4-3-16(8-21(17)26(36)39)24-22(28)11-30-27(35-24)33-20-9-31-32-10-20/h3-11,15,23,37H,12-13H2,1-2H3,(H,31,32)(H,34,38)(H,30,33,35). The quantitative estimate of drug-likeness (QED) is 0.262. The van der Waals surface area contributed by atoms with E-state index in [0.29, 0.717) is 44.6 Å². The maximum atomic E-state index is 13.9. The molecule has 2 aromatic heterocycles. The molecule has 3 heterocycles. The van der Waals surface area contributed by atoms with E-state index in [4.69, 9.17) is 11.6 Å². The Morgan fingerprint density at radius 2 is 2.08 bits per heavy atom. The van der Waals surface area contributed by atoms with Gasteiger partial charge in [0.2, 0.25) is 11.9 Å². The van der Waals surface area contributed by atoms with Crippen molar-refractivity contribution in [1.82, 2.24) is 30.4 Å². The molecular formula is C27H25ClFN7O3. The van der Waals surface area contributed by atoms with Gasteiger partial charge in [-0.05, 0) is 48.7 Å². The molecule has 0 spiro atoms. The van der Waals surface area contributed by atoms with Crippen molar-refractivity contribution in [2.75, 3.05) is 11.9 Å². The third kappa shape index (κ3) is 5.45. The number of aliphatic hydroxyl groups excluding tert-OH is 1. The first-order chi connectivity index (χ1) is 18.7. The van der Waals surface area contributed by atoms with E-state index in [1.54, 1.807) is 44.4 Å². The van der Waals surface area contributed by atoms with Gasteiger partial charge in [-0.15, -0.1) is 0 Å². The van der Waals surface area contributed by atoms with Crippen LogP contribution in [0.5, 0.6) is 0 Å². The van der Waals surface area contributed by atoms with E-state index < -0.39 is 30.4 Å². The molecule has 2 atom stereocenters. The van der Waals surface area contributed by atoms with Crippen LogP contribution in [0.25, 0.3) is 11.3 Å². The number of fused-ring (bicyclic) bond motifs is 1.